The van der Waals surface area contributed by atoms with Gasteiger partial charge in [-0.05, 0) is 85.3 Å². The fourth-order valence-corrected chi connectivity index (χ4v) is 6.12. The second-order valence-electron chi connectivity index (χ2n) is 14.4. The Morgan fingerprint density at radius 1 is 0.609 bits per heavy atom. The molecule has 0 unspecified atom stereocenters. The quantitative estimate of drug-likeness (QED) is 0.157. The van der Waals surface area contributed by atoms with Gasteiger partial charge in [0.2, 0.25) is 0 Å². The molecule has 2 aromatic carbocycles. The SMILES string of the molecule is CCCCC(C)(CCCC)c1ccc(C(=O)N(CC)CCC(C)(C)[O-])cc1.CCCCC(C)(CCCC)c1ccc(C(=O)O)cc1. The summed E-state index contributed by atoms with van der Waals surface area (Å²) in [5, 5.41) is 20.8. The minimum absolute atomic E-state index is 0.0251. The number of hydrogen-bond acceptors (Lipinski definition) is 3. The number of hydrogen-bond donors (Lipinski definition) is 1. The molecule has 0 radical (unpaired) electrons. The van der Waals surface area contributed by atoms with E-state index in [1.807, 2.05) is 31.2 Å². The second kappa shape index (κ2) is 20.5. The van der Waals surface area contributed by atoms with E-state index in [1.165, 1.54) is 88.2 Å². The van der Waals surface area contributed by atoms with Crippen molar-refractivity contribution in [1.82, 2.24) is 4.90 Å². The lowest BCUT2D eigenvalue weighted by atomic mass is 9.74. The Morgan fingerprint density at radius 3 is 1.24 bits per heavy atom. The Balaban J connectivity index is 0.000000489. The molecule has 2 aromatic rings. The number of carbonyl (C=O) groups excluding carboxylic acids is 1. The van der Waals surface area contributed by atoms with E-state index in [1.54, 1.807) is 30.9 Å². The topological polar surface area (TPSA) is 80.7 Å². The Bertz CT molecular complexity index is 1110. The molecule has 0 saturated carbocycles. The van der Waals surface area contributed by atoms with Crippen LogP contribution in [0.2, 0.25) is 0 Å². The van der Waals surface area contributed by atoms with Crippen molar-refractivity contribution < 1.29 is 19.8 Å². The van der Waals surface area contributed by atoms with Crippen molar-refractivity contribution >= 4 is 11.9 Å². The van der Waals surface area contributed by atoms with Crippen molar-refractivity contribution in [2.75, 3.05) is 13.1 Å². The van der Waals surface area contributed by atoms with Crippen LogP contribution in [0.4, 0.5) is 0 Å². The molecule has 0 atom stereocenters. The van der Waals surface area contributed by atoms with Gasteiger partial charge < -0.3 is 15.1 Å². The fourth-order valence-electron chi connectivity index (χ4n) is 6.12. The maximum atomic E-state index is 12.8. The van der Waals surface area contributed by atoms with Gasteiger partial charge in [0.1, 0.15) is 0 Å². The molecule has 0 spiro atoms. The molecule has 1 N–H and O–H groups in total. The summed E-state index contributed by atoms with van der Waals surface area (Å²) in [4.78, 5) is 25.5. The van der Waals surface area contributed by atoms with Crippen LogP contribution < -0.4 is 5.11 Å². The van der Waals surface area contributed by atoms with Crippen LogP contribution in [0.1, 0.15) is 178 Å². The van der Waals surface area contributed by atoms with Crippen LogP contribution in [0, 0.1) is 0 Å². The van der Waals surface area contributed by atoms with Gasteiger partial charge in [0.15, 0.2) is 0 Å². The molecule has 0 aliphatic rings. The van der Waals surface area contributed by atoms with Crippen LogP contribution in [-0.4, -0.2) is 40.6 Å². The molecule has 1 amide bonds. The number of amides is 1. The molecule has 0 aliphatic carbocycles. The maximum Gasteiger partial charge on any atom is 0.335 e. The van der Waals surface area contributed by atoms with E-state index in [-0.39, 0.29) is 16.7 Å². The normalized spacial score (nSPS) is 12.0. The van der Waals surface area contributed by atoms with Gasteiger partial charge in [-0.3, -0.25) is 4.79 Å². The van der Waals surface area contributed by atoms with Crippen LogP contribution in [-0.2, 0) is 10.8 Å². The third-order valence-electron chi connectivity index (χ3n) is 9.64. The number of benzene rings is 2. The van der Waals surface area contributed by atoms with E-state index in [0.29, 0.717) is 25.1 Å². The molecule has 0 heterocycles. The number of carbonyl (C=O) groups is 2. The number of aromatic carboxylic acids is 1. The molecule has 0 saturated heterocycles. The van der Waals surface area contributed by atoms with Crippen LogP contribution in [0.15, 0.2) is 48.5 Å². The number of nitrogens with zero attached hydrogens (tertiary/aromatic N) is 1. The number of unbranched alkanes of at least 4 members (excludes halogenated alkanes) is 4. The lowest BCUT2D eigenvalue weighted by Crippen LogP contribution is -2.42. The summed E-state index contributed by atoms with van der Waals surface area (Å²) >= 11 is 0. The zero-order chi connectivity index (χ0) is 34.8. The van der Waals surface area contributed by atoms with Crippen molar-refractivity contribution in [2.45, 2.75) is 162 Å². The summed E-state index contributed by atoms with van der Waals surface area (Å²) in [6, 6.07) is 15.7. The van der Waals surface area contributed by atoms with E-state index in [2.05, 4.69) is 53.7 Å². The molecule has 5 heteroatoms. The second-order valence-corrected chi connectivity index (χ2v) is 14.4. The molecular weight excluding hydrogens is 570 g/mol. The first kappa shape index (κ1) is 41.4. The van der Waals surface area contributed by atoms with Crippen molar-refractivity contribution in [2.24, 2.45) is 0 Å². The molecule has 2 rings (SSSR count). The van der Waals surface area contributed by atoms with Crippen LogP contribution in [0.3, 0.4) is 0 Å². The molecule has 0 aromatic heterocycles. The minimum Gasteiger partial charge on any atom is -0.850 e. The van der Waals surface area contributed by atoms with Gasteiger partial charge in [0.25, 0.3) is 5.91 Å². The third-order valence-corrected chi connectivity index (χ3v) is 9.64. The zero-order valence-electron chi connectivity index (χ0n) is 30.8. The largest absolute Gasteiger partial charge is 0.850 e. The molecule has 46 heavy (non-hydrogen) atoms. The Hall–Kier alpha value is -2.66. The molecule has 5 nitrogen and oxygen atoms in total. The molecule has 260 valence electrons. The number of carboxylic acids is 1. The number of rotatable bonds is 20. The van der Waals surface area contributed by atoms with Gasteiger partial charge in [0.05, 0.1) is 5.56 Å². The van der Waals surface area contributed by atoms with Crippen molar-refractivity contribution in [3.63, 3.8) is 0 Å². The van der Waals surface area contributed by atoms with Crippen molar-refractivity contribution in [3.05, 3.63) is 70.8 Å². The van der Waals surface area contributed by atoms with E-state index in [4.69, 9.17) is 5.11 Å². The molecule has 0 aliphatic heterocycles. The lowest BCUT2D eigenvalue weighted by molar-refractivity contribution is -0.467. The smallest absolute Gasteiger partial charge is 0.335 e. The highest BCUT2D eigenvalue weighted by atomic mass is 16.4. The molecular formula is C41H66NO4-. The van der Waals surface area contributed by atoms with E-state index < -0.39 is 11.6 Å². The average Bonchev–Trinajstić information content (AvgIpc) is 3.04. The first-order valence-electron chi connectivity index (χ1n) is 18.1. The highest BCUT2D eigenvalue weighted by molar-refractivity contribution is 5.94. The summed E-state index contributed by atoms with van der Waals surface area (Å²) in [7, 11) is 0. The molecule has 0 fully saturated rings. The lowest BCUT2D eigenvalue weighted by Gasteiger charge is -2.34. The van der Waals surface area contributed by atoms with E-state index in [0.717, 1.165) is 5.56 Å². The fraction of sp³-hybridized carbons (Fsp3) is 0.659. The highest BCUT2D eigenvalue weighted by Gasteiger charge is 2.27. The van der Waals surface area contributed by atoms with Gasteiger partial charge in [-0.25, -0.2) is 4.79 Å². The predicted octanol–water partition coefficient (Wildman–Crippen LogP) is 10.3. The van der Waals surface area contributed by atoms with Gasteiger partial charge in [-0.1, -0.05) is 131 Å². The highest BCUT2D eigenvalue weighted by Crippen LogP contribution is 2.36. The maximum absolute atomic E-state index is 12.8. The summed E-state index contributed by atoms with van der Waals surface area (Å²) in [5.74, 6) is -0.826. The summed E-state index contributed by atoms with van der Waals surface area (Å²) in [5.41, 5.74) is 3.07. The summed E-state index contributed by atoms with van der Waals surface area (Å²) in [6.07, 6.45) is 14.9. The zero-order valence-corrected chi connectivity index (χ0v) is 30.8. The number of carboxylic acid groups (broad SMARTS) is 1. The summed E-state index contributed by atoms with van der Waals surface area (Å²) in [6.45, 7) is 20.0. The first-order valence-corrected chi connectivity index (χ1v) is 18.1. The predicted molar refractivity (Wildman–Crippen MR) is 193 cm³/mol. The van der Waals surface area contributed by atoms with Gasteiger partial charge in [-0.15, -0.1) is 5.60 Å². The first-order chi connectivity index (χ1) is 21.7. The standard InChI is InChI=1S/C24H40NO2.C17H26O2/c1-7-10-16-24(6,17-11-8-2)21-14-12-20(13-15-21)22(26)25(9-3)19-18-23(4,5)27;1-4-6-12-17(3,13-7-5-2)15-10-8-14(9-11-15)16(18)19/h12-15H,7-11,16-19H2,1-6H3;8-11H,4-7,12-13H2,1-3H3,(H,18,19)/q-1;. The monoisotopic (exact) mass is 636 g/mol. The Kier molecular flexibility index (Phi) is 18.5. The Labute approximate surface area is 282 Å². The van der Waals surface area contributed by atoms with Gasteiger partial charge >= 0.3 is 5.97 Å². The summed E-state index contributed by atoms with van der Waals surface area (Å²) < 4.78 is 0. The third kappa shape index (κ3) is 14.0. The van der Waals surface area contributed by atoms with Crippen LogP contribution >= 0.6 is 0 Å². The van der Waals surface area contributed by atoms with Crippen LogP contribution in [0.5, 0.6) is 0 Å². The van der Waals surface area contributed by atoms with Gasteiger partial charge in [-0.2, -0.15) is 0 Å². The van der Waals surface area contributed by atoms with Crippen molar-refractivity contribution in [3.8, 4) is 0 Å². The Morgan fingerprint density at radius 2 is 0.957 bits per heavy atom. The van der Waals surface area contributed by atoms with Gasteiger partial charge in [0, 0.05) is 18.7 Å². The molecule has 0 bridgehead atoms. The van der Waals surface area contributed by atoms with Crippen molar-refractivity contribution in [1.29, 1.82) is 0 Å². The van der Waals surface area contributed by atoms with E-state index >= 15 is 0 Å². The minimum atomic E-state index is -1.00. The average molecular weight is 637 g/mol. The van der Waals surface area contributed by atoms with E-state index in [9.17, 15) is 14.7 Å². The van der Waals surface area contributed by atoms with Crippen LogP contribution in [0.25, 0.3) is 0 Å².